The first-order valence-corrected chi connectivity index (χ1v) is 9.46. The minimum absolute atomic E-state index is 0.0267. The zero-order chi connectivity index (χ0) is 17.5. The van der Waals surface area contributed by atoms with Crippen LogP contribution in [-0.4, -0.2) is 23.3 Å². The molecule has 0 aliphatic carbocycles. The van der Waals surface area contributed by atoms with E-state index in [-0.39, 0.29) is 22.9 Å². The molecule has 1 atom stereocenters. The summed E-state index contributed by atoms with van der Waals surface area (Å²) in [5.74, 6) is -0.0739. The van der Waals surface area contributed by atoms with Crippen molar-refractivity contribution in [2.75, 3.05) is 5.75 Å². The molecule has 8 heteroatoms. The van der Waals surface area contributed by atoms with Crippen molar-refractivity contribution in [2.24, 2.45) is 5.73 Å². The Morgan fingerprint density at radius 3 is 2.50 bits per heavy atom. The molecule has 1 unspecified atom stereocenters. The van der Waals surface area contributed by atoms with Gasteiger partial charge in [0.2, 0.25) is 0 Å². The molecule has 0 radical (unpaired) electrons. The van der Waals surface area contributed by atoms with Gasteiger partial charge in [0, 0.05) is 6.54 Å². The molecule has 1 aliphatic heterocycles. The summed E-state index contributed by atoms with van der Waals surface area (Å²) >= 11 is 0. The number of rotatable bonds is 3. The molecule has 1 aromatic carbocycles. The highest BCUT2D eigenvalue weighted by Gasteiger charge is 2.33. The topological polar surface area (TPSA) is 104 Å². The van der Waals surface area contributed by atoms with Gasteiger partial charge in [0.05, 0.1) is 17.5 Å². The van der Waals surface area contributed by atoms with Crippen LogP contribution in [0.1, 0.15) is 25.9 Å². The van der Waals surface area contributed by atoms with Crippen molar-refractivity contribution in [3.05, 3.63) is 51.2 Å². The van der Waals surface area contributed by atoms with Gasteiger partial charge in [0.25, 0.3) is 5.56 Å². The van der Waals surface area contributed by atoms with Crippen LogP contribution in [0.4, 0.5) is 0 Å². The van der Waals surface area contributed by atoms with Gasteiger partial charge in [0.15, 0.2) is 14.9 Å². The first-order valence-electron chi connectivity index (χ1n) is 7.81. The number of sulfone groups is 1. The van der Waals surface area contributed by atoms with Crippen LogP contribution in [0.2, 0.25) is 0 Å². The lowest BCUT2D eigenvalue weighted by atomic mass is 10.1. The number of nitrogens with zero attached hydrogens (tertiary/aromatic N) is 2. The van der Waals surface area contributed by atoms with Crippen LogP contribution < -0.4 is 17.0 Å². The second kappa shape index (κ2) is 6.03. The predicted molar refractivity (Wildman–Crippen MR) is 90.6 cm³/mol. The third-order valence-electron chi connectivity index (χ3n) is 4.23. The van der Waals surface area contributed by atoms with Crippen molar-refractivity contribution < 1.29 is 8.42 Å². The molecule has 0 bridgehead atoms. The van der Waals surface area contributed by atoms with Gasteiger partial charge in [-0.15, -0.1) is 0 Å². The van der Waals surface area contributed by atoms with Crippen LogP contribution in [0.3, 0.4) is 0 Å². The summed E-state index contributed by atoms with van der Waals surface area (Å²) in [6, 6.07) is 8.53. The molecule has 2 heterocycles. The summed E-state index contributed by atoms with van der Waals surface area (Å²) in [5.41, 5.74) is 5.12. The second-order valence-electron chi connectivity index (χ2n) is 5.80. The first kappa shape index (κ1) is 16.7. The summed E-state index contributed by atoms with van der Waals surface area (Å²) in [5, 5.41) is -0.186. The molecule has 3 rings (SSSR count). The van der Waals surface area contributed by atoms with Gasteiger partial charge in [-0.25, -0.2) is 17.8 Å². The maximum atomic E-state index is 13.0. The van der Waals surface area contributed by atoms with Crippen molar-refractivity contribution in [3.8, 4) is 11.1 Å². The highest BCUT2D eigenvalue weighted by Crippen LogP contribution is 2.27. The molecule has 0 amide bonds. The van der Waals surface area contributed by atoms with Crippen molar-refractivity contribution in [2.45, 2.75) is 37.5 Å². The Morgan fingerprint density at radius 2 is 1.88 bits per heavy atom. The molecule has 1 aromatic heterocycles. The maximum Gasteiger partial charge on any atom is 0.333 e. The molecular weight excluding hydrogens is 330 g/mol. The summed E-state index contributed by atoms with van der Waals surface area (Å²) in [4.78, 5) is 25.6. The SMILES string of the molecule is CCC(N)n1c(=O)c(-c2ccccc2)c2n(c1=O)CCCS2(=O)=O. The Kier molecular flexibility index (Phi) is 4.18. The van der Waals surface area contributed by atoms with Crippen molar-refractivity contribution in [3.63, 3.8) is 0 Å². The minimum atomic E-state index is -3.71. The number of benzene rings is 1. The number of hydrogen-bond donors (Lipinski definition) is 1. The standard InChI is InChI=1S/C16H19N3O4S/c1-2-12(17)19-14(20)13(11-7-4-3-5-8-11)15-18(16(19)21)9-6-10-24(15,22)23/h3-5,7-8,12H,2,6,9-10,17H2,1H3. The number of aromatic nitrogens is 2. The van der Waals surface area contributed by atoms with Crippen molar-refractivity contribution >= 4 is 9.84 Å². The van der Waals surface area contributed by atoms with E-state index in [1.807, 2.05) is 0 Å². The van der Waals surface area contributed by atoms with E-state index in [1.165, 1.54) is 4.57 Å². The van der Waals surface area contributed by atoms with Gasteiger partial charge in [-0.1, -0.05) is 37.3 Å². The Morgan fingerprint density at radius 1 is 1.21 bits per heavy atom. The van der Waals surface area contributed by atoms with E-state index in [4.69, 9.17) is 5.73 Å². The second-order valence-corrected chi connectivity index (χ2v) is 7.83. The lowest BCUT2D eigenvalue weighted by Gasteiger charge is -2.24. The van der Waals surface area contributed by atoms with E-state index in [0.717, 1.165) is 4.57 Å². The van der Waals surface area contributed by atoms with E-state index in [1.54, 1.807) is 37.3 Å². The Bertz CT molecular complexity index is 990. The summed E-state index contributed by atoms with van der Waals surface area (Å²) in [6.07, 6.45) is -0.0757. The van der Waals surface area contributed by atoms with Crippen LogP contribution in [0.25, 0.3) is 11.1 Å². The average molecular weight is 349 g/mol. The van der Waals surface area contributed by atoms with Gasteiger partial charge in [0.1, 0.15) is 0 Å². The van der Waals surface area contributed by atoms with Crippen LogP contribution >= 0.6 is 0 Å². The van der Waals surface area contributed by atoms with Crippen LogP contribution in [-0.2, 0) is 16.4 Å². The lowest BCUT2D eigenvalue weighted by Crippen LogP contribution is -2.48. The van der Waals surface area contributed by atoms with E-state index < -0.39 is 27.3 Å². The zero-order valence-electron chi connectivity index (χ0n) is 13.3. The van der Waals surface area contributed by atoms with E-state index in [0.29, 0.717) is 18.4 Å². The van der Waals surface area contributed by atoms with E-state index in [2.05, 4.69) is 0 Å². The molecule has 1 aliphatic rings. The van der Waals surface area contributed by atoms with Crippen LogP contribution in [0.15, 0.2) is 44.9 Å². The molecule has 0 saturated carbocycles. The number of hydrogen-bond acceptors (Lipinski definition) is 5. The molecule has 2 N–H and O–H groups in total. The Hall–Kier alpha value is -2.19. The average Bonchev–Trinajstić information content (AvgIpc) is 2.56. The van der Waals surface area contributed by atoms with Gasteiger partial charge in [-0.2, -0.15) is 0 Å². The van der Waals surface area contributed by atoms with Crippen molar-refractivity contribution in [1.82, 2.24) is 9.13 Å². The lowest BCUT2D eigenvalue weighted by molar-refractivity contribution is 0.420. The normalized spacial score (nSPS) is 17.2. The Balaban J connectivity index is 2.52. The fourth-order valence-electron chi connectivity index (χ4n) is 3.01. The monoisotopic (exact) mass is 349 g/mol. The van der Waals surface area contributed by atoms with E-state index >= 15 is 0 Å². The zero-order valence-corrected chi connectivity index (χ0v) is 14.1. The number of nitrogens with two attached hydrogens (primary N) is 1. The third kappa shape index (κ3) is 2.51. The Labute approximate surface area is 139 Å². The molecule has 128 valence electrons. The molecule has 24 heavy (non-hydrogen) atoms. The highest BCUT2D eigenvalue weighted by atomic mass is 32.2. The molecule has 2 aromatic rings. The van der Waals surface area contributed by atoms with Crippen molar-refractivity contribution in [1.29, 1.82) is 0 Å². The molecular formula is C16H19N3O4S. The van der Waals surface area contributed by atoms with Gasteiger partial charge in [-0.3, -0.25) is 9.36 Å². The highest BCUT2D eigenvalue weighted by molar-refractivity contribution is 7.91. The summed E-state index contributed by atoms with van der Waals surface area (Å²) in [7, 11) is -3.71. The smallest absolute Gasteiger partial charge is 0.311 e. The fourth-order valence-corrected chi connectivity index (χ4v) is 4.73. The van der Waals surface area contributed by atoms with Gasteiger partial charge in [-0.05, 0) is 18.4 Å². The molecule has 0 spiro atoms. The van der Waals surface area contributed by atoms with Gasteiger partial charge >= 0.3 is 5.69 Å². The fraction of sp³-hybridized carbons (Fsp3) is 0.375. The molecule has 0 fully saturated rings. The third-order valence-corrected chi connectivity index (χ3v) is 6.07. The quantitative estimate of drug-likeness (QED) is 0.822. The largest absolute Gasteiger partial charge is 0.333 e. The number of fused-ring (bicyclic) bond motifs is 1. The molecule has 7 nitrogen and oxygen atoms in total. The van der Waals surface area contributed by atoms with Crippen LogP contribution in [0, 0.1) is 0 Å². The molecule has 0 saturated heterocycles. The summed E-state index contributed by atoms with van der Waals surface area (Å²) in [6.45, 7) is 2.02. The van der Waals surface area contributed by atoms with E-state index in [9.17, 15) is 18.0 Å². The predicted octanol–water partition coefficient (Wildman–Crippen LogP) is 0.722. The van der Waals surface area contributed by atoms with Gasteiger partial charge < -0.3 is 5.73 Å². The maximum absolute atomic E-state index is 13.0. The summed E-state index contributed by atoms with van der Waals surface area (Å²) < 4.78 is 27.3. The first-order chi connectivity index (χ1) is 11.4. The van der Waals surface area contributed by atoms with Crippen LogP contribution in [0.5, 0.6) is 0 Å². The minimum Gasteiger partial charge on any atom is -0.311 e.